The molecule has 2 heteroatoms. The summed E-state index contributed by atoms with van der Waals surface area (Å²) >= 11 is 5.96. The molecule has 0 fully saturated rings. The lowest BCUT2D eigenvalue weighted by Gasteiger charge is -2.31. The van der Waals surface area contributed by atoms with Crippen molar-refractivity contribution in [3.8, 4) is 0 Å². The third kappa shape index (κ3) is 2.67. The van der Waals surface area contributed by atoms with Crippen LogP contribution in [0.3, 0.4) is 0 Å². The van der Waals surface area contributed by atoms with E-state index < -0.39 is 0 Å². The smallest absolute Gasteiger partial charge is 0.131 e. The van der Waals surface area contributed by atoms with E-state index in [0.29, 0.717) is 6.42 Å². The first-order chi connectivity index (χ1) is 8.12. The quantitative estimate of drug-likeness (QED) is 0.788. The molecule has 0 heterocycles. The average Bonchev–Trinajstić information content (AvgIpc) is 2.33. The molecular weight excluding hydrogens is 232 g/mol. The normalized spacial score (nSPS) is 23.3. The van der Waals surface area contributed by atoms with Gasteiger partial charge in [-0.3, -0.25) is 4.79 Å². The molecule has 1 nitrogen and oxygen atoms in total. The number of hydrogen-bond donors (Lipinski definition) is 0. The number of ketones is 1. The van der Waals surface area contributed by atoms with Gasteiger partial charge in [0.15, 0.2) is 0 Å². The molecule has 0 radical (unpaired) electrons. The van der Waals surface area contributed by atoms with E-state index in [1.165, 1.54) is 5.56 Å². The van der Waals surface area contributed by atoms with Crippen LogP contribution in [0.1, 0.15) is 25.3 Å². The second kappa shape index (κ2) is 4.89. The number of halogens is 1. The molecule has 1 unspecified atom stereocenters. The van der Waals surface area contributed by atoms with E-state index in [4.69, 9.17) is 11.6 Å². The third-order valence-corrected chi connectivity index (χ3v) is 3.42. The Morgan fingerprint density at radius 2 is 2.06 bits per heavy atom. The molecule has 2 rings (SSSR count). The first kappa shape index (κ1) is 12.1. The Morgan fingerprint density at radius 3 is 2.59 bits per heavy atom. The number of carbonyl (C=O) groups excluding carboxylic acids is 1. The highest BCUT2D eigenvalue weighted by Gasteiger charge is 2.31. The van der Waals surface area contributed by atoms with Crippen LogP contribution in [0.2, 0.25) is 0 Å². The predicted molar refractivity (Wildman–Crippen MR) is 71.1 cm³/mol. The molecule has 0 spiro atoms. The van der Waals surface area contributed by atoms with Crippen molar-refractivity contribution in [1.82, 2.24) is 0 Å². The van der Waals surface area contributed by atoms with E-state index in [9.17, 15) is 4.79 Å². The van der Waals surface area contributed by atoms with Crippen molar-refractivity contribution < 1.29 is 4.79 Å². The Morgan fingerprint density at radius 1 is 1.35 bits per heavy atom. The van der Waals surface area contributed by atoms with E-state index in [0.717, 1.165) is 11.5 Å². The highest BCUT2D eigenvalue weighted by molar-refractivity contribution is 6.31. The Bertz CT molecular complexity index is 473. The SMILES string of the molecule is CC(=O)CC1(c2ccccc2)C=CC(Cl)=CC1. The zero-order valence-corrected chi connectivity index (χ0v) is 10.6. The van der Waals surface area contributed by atoms with Crippen LogP contribution in [0.4, 0.5) is 0 Å². The lowest BCUT2D eigenvalue weighted by atomic mass is 9.72. The number of hydrogen-bond acceptors (Lipinski definition) is 1. The summed E-state index contributed by atoms with van der Waals surface area (Å²) in [5.41, 5.74) is 0.956. The van der Waals surface area contributed by atoms with Gasteiger partial charge >= 0.3 is 0 Å². The molecule has 88 valence electrons. The molecular formula is C15H15ClO. The summed E-state index contributed by atoms with van der Waals surface area (Å²) in [6, 6.07) is 10.1. The van der Waals surface area contributed by atoms with Crippen molar-refractivity contribution in [2.24, 2.45) is 0 Å². The highest BCUT2D eigenvalue weighted by atomic mass is 35.5. The van der Waals surface area contributed by atoms with Crippen LogP contribution in [0.25, 0.3) is 0 Å². The van der Waals surface area contributed by atoms with Gasteiger partial charge in [-0.25, -0.2) is 0 Å². The number of benzene rings is 1. The molecule has 0 saturated carbocycles. The van der Waals surface area contributed by atoms with Crippen molar-refractivity contribution >= 4 is 17.4 Å². The van der Waals surface area contributed by atoms with Gasteiger partial charge in [-0.15, -0.1) is 0 Å². The molecule has 0 saturated heterocycles. The number of carbonyl (C=O) groups is 1. The summed E-state index contributed by atoms with van der Waals surface area (Å²) in [5, 5.41) is 0.750. The van der Waals surface area contributed by atoms with Crippen LogP contribution in [0.15, 0.2) is 53.6 Å². The topological polar surface area (TPSA) is 17.1 Å². The largest absolute Gasteiger partial charge is 0.300 e. The molecule has 1 aliphatic carbocycles. The van der Waals surface area contributed by atoms with Gasteiger partial charge in [-0.2, -0.15) is 0 Å². The van der Waals surface area contributed by atoms with Crippen molar-refractivity contribution in [2.75, 3.05) is 0 Å². The standard InChI is InChI=1S/C15H15ClO/c1-12(17)11-15(9-7-14(16)8-10-15)13-5-3-2-4-6-13/h2-9H,10-11H2,1H3. The van der Waals surface area contributed by atoms with Gasteiger partial charge in [0.05, 0.1) is 0 Å². The number of allylic oxidation sites excluding steroid dienone is 4. The first-order valence-corrected chi connectivity index (χ1v) is 6.10. The molecule has 0 amide bonds. The fourth-order valence-corrected chi connectivity index (χ4v) is 2.46. The Kier molecular flexibility index (Phi) is 3.49. The molecule has 1 aromatic rings. The third-order valence-electron chi connectivity index (χ3n) is 3.14. The fraction of sp³-hybridized carbons (Fsp3) is 0.267. The van der Waals surface area contributed by atoms with Crippen molar-refractivity contribution in [3.63, 3.8) is 0 Å². The molecule has 0 aliphatic heterocycles. The molecule has 0 bridgehead atoms. The van der Waals surface area contributed by atoms with Crippen molar-refractivity contribution in [1.29, 1.82) is 0 Å². The van der Waals surface area contributed by atoms with Crippen molar-refractivity contribution in [3.05, 3.63) is 59.2 Å². The molecule has 1 atom stereocenters. The summed E-state index contributed by atoms with van der Waals surface area (Å²) in [7, 11) is 0. The second-order valence-corrected chi connectivity index (χ2v) is 4.96. The summed E-state index contributed by atoms with van der Waals surface area (Å²) in [5.74, 6) is 0.199. The van der Waals surface area contributed by atoms with E-state index in [1.807, 2.05) is 30.4 Å². The second-order valence-electron chi connectivity index (χ2n) is 4.53. The minimum atomic E-state index is -0.217. The Hall–Kier alpha value is -1.34. The maximum absolute atomic E-state index is 11.5. The van der Waals surface area contributed by atoms with E-state index in [-0.39, 0.29) is 11.2 Å². The van der Waals surface area contributed by atoms with Crippen LogP contribution in [-0.4, -0.2) is 5.78 Å². The summed E-state index contributed by atoms with van der Waals surface area (Å²) in [4.78, 5) is 11.5. The molecule has 0 N–H and O–H groups in total. The van der Waals surface area contributed by atoms with E-state index >= 15 is 0 Å². The fourth-order valence-electron chi connectivity index (χ4n) is 2.32. The van der Waals surface area contributed by atoms with Gasteiger partial charge in [0.25, 0.3) is 0 Å². The van der Waals surface area contributed by atoms with Crippen molar-refractivity contribution in [2.45, 2.75) is 25.2 Å². The van der Waals surface area contributed by atoms with Crippen LogP contribution < -0.4 is 0 Å². The monoisotopic (exact) mass is 246 g/mol. The first-order valence-electron chi connectivity index (χ1n) is 5.72. The Balaban J connectivity index is 2.39. The van der Waals surface area contributed by atoms with Crippen LogP contribution in [-0.2, 0) is 10.2 Å². The summed E-state index contributed by atoms with van der Waals surface area (Å²) in [6.45, 7) is 1.64. The minimum absolute atomic E-state index is 0.199. The van der Waals surface area contributed by atoms with Crippen LogP contribution in [0, 0.1) is 0 Å². The van der Waals surface area contributed by atoms with Gasteiger partial charge in [0.2, 0.25) is 0 Å². The van der Waals surface area contributed by atoms with E-state index in [2.05, 4.69) is 18.2 Å². The van der Waals surface area contributed by atoms with Crippen LogP contribution >= 0.6 is 11.6 Å². The van der Waals surface area contributed by atoms with Gasteiger partial charge in [0, 0.05) is 16.9 Å². The number of Topliss-reactive ketones (excluding diaryl/α,β-unsaturated/α-hetero) is 1. The lowest BCUT2D eigenvalue weighted by Crippen LogP contribution is -2.27. The number of rotatable bonds is 3. The predicted octanol–water partition coefficient (Wildman–Crippen LogP) is 3.99. The molecule has 1 aliphatic rings. The Labute approximate surface area is 107 Å². The van der Waals surface area contributed by atoms with Gasteiger partial charge in [-0.05, 0) is 25.0 Å². The lowest BCUT2D eigenvalue weighted by molar-refractivity contribution is -0.117. The maximum atomic E-state index is 11.5. The molecule has 0 aromatic heterocycles. The zero-order chi connectivity index (χ0) is 12.3. The summed E-state index contributed by atoms with van der Waals surface area (Å²) in [6.07, 6.45) is 7.24. The summed E-state index contributed by atoms with van der Waals surface area (Å²) < 4.78 is 0. The van der Waals surface area contributed by atoms with E-state index in [1.54, 1.807) is 6.92 Å². The molecule has 17 heavy (non-hydrogen) atoms. The van der Waals surface area contributed by atoms with Gasteiger partial charge in [0.1, 0.15) is 5.78 Å². The highest BCUT2D eigenvalue weighted by Crippen LogP contribution is 2.38. The van der Waals surface area contributed by atoms with Crippen LogP contribution in [0.5, 0.6) is 0 Å². The average molecular weight is 247 g/mol. The van der Waals surface area contributed by atoms with Gasteiger partial charge in [-0.1, -0.05) is 54.1 Å². The molecule has 1 aromatic carbocycles. The van der Waals surface area contributed by atoms with Gasteiger partial charge < -0.3 is 0 Å². The minimum Gasteiger partial charge on any atom is -0.300 e. The zero-order valence-electron chi connectivity index (χ0n) is 9.82. The maximum Gasteiger partial charge on any atom is 0.131 e.